The molecule has 0 saturated heterocycles. The van der Waals surface area contributed by atoms with Crippen molar-refractivity contribution >= 4 is 22.6 Å². The van der Waals surface area contributed by atoms with Gasteiger partial charge in [-0.05, 0) is 43.5 Å². The van der Waals surface area contributed by atoms with Gasteiger partial charge in [0.1, 0.15) is 17.0 Å². The molecular weight excluding hydrogens is 400 g/mol. The van der Waals surface area contributed by atoms with E-state index in [0.29, 0.717) is 35.5 Å². The van der Waals surface area contributed by atoms with Crippen LogP contribution < -0.4 is 5.56 Å². The van der Waals surface area contributed by atoms with Crippen molar-refractivity contribution in [2.24, 2.45) is 0 Å². The first-order chi connectivity index (χ1) is 15.7. The van der Waals surface area contributed by atoms with Gasteiger partial charge >= 0.3 is 0 Å². The highest BCUT2D eigenvalue weighted by molar-refractivity contribution is 5.98. The molecule has 1 saturated carbocycles. The van der Waals surface area contributed by atoms with Crippen molar-refractivity contribution in [3.8, 4) is 0 Å². The van der Waals surface area contributed by atoms with Crippen LogP contribution in [0.4, 0.5) is 0 Å². The van der Waals surface area contributed by atoms with Gasteiger partial charge in [-0.2, -0.15) is 0 Å². The molecule has 0 spiro atoms. The number of fused-ring (bicyclic) bond motifs is 2. The summed E-state index contributed by atoms with van der Waals surface area (Å²) in [6, 6.07) is 17.5. The van der Waals surface area contributed by atoms with Crippen molar-refractivity contribution in [3.63, 3.8) is 0 Å². The molecule has 6 nitrogen and oxygen atoms in total. The molecule has 0 bridgehead atoms. The van der Waals surface area contributed by atoms with E-state index in [1.165, 1.54) is 6.42 Å². The summed E-state index contributed by atoms with van der Waals surface area (Å²) in [7, 11) is 0. The smallest absolute Gasteiger partial charge is 0.270 e. The number of benzene rings is 1. The Hall–Kier alpha value is -3.41. The normalized spacial score (nSPS) is 14.8. The standard InChI is InChI=1S/C26H28N4O2/c1-2-28(20-13-7-4-8-14-20)26(32)22-17-21-24(30(22)18-19-11-5-3-6-12-19)27-23-15-9-10-16-29(23)25(21)31/h3,5-6,9-12,15-17,20H,2,4,7-8,13-14,18H2,1H3. The van der Waals surface area contributed by atoms with E-state index in [1.807, 2.05) is 64.9 Å². The molecule has 3 heterocycles. The minimum atomic E-state index is -0.146. The maximum atomic E-state index is 13.8. The van der Waals surface area contributed by atoms with Crippen LogP contribution in [0.5, 0.6) is 0 Å². The number of pyridine rings is 1. The Labute approximate surface area is 187 Å². The number of nitrogens with zero attached hydrogens (tertiary/aromatic N) is 4. The van der Waals surface area contributed by atoms with Crippen LogP contribution in [-0.4, -0.2) is 37.3 Å². The van der Waals surface area contributed by atoms with Gasteiger partial charge in [-0.1, -0.05) is 55.7 Å². The number of aromatic nitrogens is 3. The van der Waals surface area contributed by atoms with Gasteiger partial charge in [-0.25, -0.2) is 4.98 Å². The van der Waals surface area contributed by atoms with E-state index in [1.54, 1.807) is 16.7 Å². The highest BCUT2D eigenvalue weighted by Crippen LogP contribution is 2.26. The molecule has 1 aromatic carbocycles. The highest BCUT2D eigenvalue weighted by Gasteiger charge is 2.28. The van der Waals surface area contributed by atoms with Gasteiger partial charge in [0.05, 0.1) is 5.39 Å². The van der Waals surface area contributed by atoms with Crippen LogP contribution in [0.2, 0.25) is 0 Å². The Bertz CT molecular complexity index is 1320. The molecule has 0 unspecified atom stereocenters. The topological polar surface area (TPSA) is 59.6 Å². The second-order valence-corrected chi connectivity index (χ2v) is 8.57. The summed E-state index contributed by atoms with van der Waals surface area (Å²) in [6.45, 7) is 3.19. The third-order valence-corrected chi connectivity index (χ3v) is 6.60. The summed E-state index contributed by atoms with van der Waals surface area (Å²) >= 11 is 0. The highest BCUT2D eigenvalue weighted by atomic mass is 16.2. The van der Waals surface area contributed by atoms with Gasteiger partial charge in [0, 0.05) is 25.3 Å². The first-order valence-electron chi connectivity index (χ1n) is 11.5. The van der Waals surface area contributed by atoms with Gasteiger partial charge in [-0.3, -0.25) is 14.0 Å². The van der Waals surface area contributed by atoms with Crippen LogP contribution in [-0.2, 0) is 6.54 Å². The van der Waals surface area contributed by atoms with E-state index < -0.39 is 0 Å². The molecule has 0 atom stereocenters. The third kappa shape index (κ3) is 3.60. The fourth-order valence-corrected chi connectivity index (χ4v) is 4.96. The van der Waals surface area contributed by atoms with Crippen LogP contribution in [0.3, 0.4) is 0 Å². The lowest BCUT2D eigenvalue weighted by Gasteiger charge is -2.33. The second-order valence-electron chi connectivity index (χ2n) is 8.57. The average Bonchev–Trinajstić information content (AvgIpc) is 3.19. The molecule has 6 heteroatoms. The minimum absolute atomic E-state index is 0.0122. The molecule has 3 aromatic heterocycles. The van der Waals surface area contributed by atoms with Crippen molar-refractivity contribution in [2.45, 2.75) is 51.6 Å². The first kappa shape index (κ1) is 20.5. The van der Waals surface area contributed by atoms with E-state index in [9.17, 15) is 9.59 Å². The number of hydrogen-bond donors (Lipinski definition) is 0. The van der Waals surface area contributed by atoms with Crippen molar-refractivity contribution in [1.82, 2.24) is 18.9 Å². The van der Waals surface area contributed by atoms with Crippen molar-refractivity contribution in [1.29, 1.82) is 0 Å². The lowest BCUT2D eigenvalue weighted by Crippen LogP contribution is -2.42. The zero-order chi connectivity index (χ0) is 22.1. The van der Waals surface area contributed by atoms with Crippen LogP contribution in [0.15, 0.2) is 65.6 Å². The summed E-state index contributed by atoms with van der Waals surface area (Å²) in [4.78, 5) is 33.9. The third-order valence-electron chi connectivity index (χ3n) is 6.60. The summed E-state index contributed by atoms with van der Waals surface area (Å²) in [6.07, 6.45) is 7.38. The largest absolute Gasteiger partial charge is 0.335 e. The zero-order valence-corrected chi connectivity index (χ0v) is 18.4. The van der Waals surface area contributed by atoms with E-state index in [0.717, 1.165) is 31.2 Å². The Balaban J connectivity index is 1.68. The van der Waals surface area contributed by atoms with Crippen LogP contribution in [0.25, 0.3) is 16.7 Å². The van der Waals surface area contributed by atoms with Gasteiger partial charge in [0.25, 0.3) is 11.5 Å². The van der Waals surface area contributed by atoms with Crippen LogP contribution >= 0.6 is 0 Å². The van der Waals surface area contributed by atoms with Crippen molar-refractivity contribution in [2.75, 3.05) is 6.54 Å². The molecule has 32 heavy (non-hydrogen) atoms. The zero-order valence-electron chi connectivity index (χ0n) is 18.4. The average molecular weight is 429 g/mol. The quantitative estimate of drug-likeness (QED) is 0.471. The fraction of sp³-hybridized carbons (Fsp3) is 0.346. The summed E-state index contributed by atoms with van der Waals surface area (Å²) in [5.74, 6) is -0.0122. The molecule has 0 N–H and O–H groups in total. The number of carbonyl (C=O) groups excluding carboxylic acids is 1. The number of rotatable bonds is 5. The molecule has 4 aromatic rings. The summed E-state index contributed by atoms with van der Waals surface area (Å²) < 4.78 is 3.47. The number of carbonyl (C=O) groups is 1. The van der Waals surface area contributed by atoms with E-state index in [-0.39, 0.29) is 17.5 Å². The predicted molar refractivity (Wildman–Crippen MR) is 126 cm³/mol. The van der Waals surface area contributed by atoms with Gasteiger partial charge in [-0.15, -0.1) is 0 Å². The Morgan fingerprint density at radius 3 is 2.56 bits per heavy atom. The van der Waals surface area contributed by atoms with Gasteiger partial charge < -0.3 is 9.47 Å². The molecule has 0 radical (unpaired) electrons. The molecule has 1 fully saturated rings. The van der Waals surface area contributed by atoms with E-state index >= 15 is 0 Å². The first-order valence-corrected chi connectivity index (χ1v) is 11.5. The lowest BCUT2D eigenvalue weighted by atomic mass is 9.94. The molecular formula is C26H28N4O2. The Kier molecular flexibility index (Phi) is 5.52. The second kappa shape index (κ2) is 8.61. The Morgan fingerprint density at radius 2 is 1.81 bits per heavy atom. The molecule has 1 amide bonds. The van der Waals surface area contributed by atoms with Gasteiger partial charge in [0.15, 0.2) is 0 Å². The molecule has 164 valence electrons. The Morgan fingerprint density at radius 1 is 1.06 bits per heavy atom. The molecule has 5 rings (SSSR count). The monoisotopic (exact) mass is 428 g/mol. The molecule has 1 aliphatic rings. The predicted octanol–water partition coefficient (Wildman–Crippen LogP) is 4.49. The van der Waals surface area contributed by atoms with Crippen molar-refractivity contribution < 1.29 is 4.79 Å². The van der Waals surface area contributed by atoms with E-state index in [2.05, 4.69) is 0 Å². The molecule has 0 aliphatic heterocycles. The fourth-order valence-electron chi connectivity index (χ4n) is 4.96. The lowest BCUT2D eigenvalue weighted by molar-refractivity contribution is 0.0638. The summed E-state index contributed by atoms with van der Waals surface area (Å²) in [5.41, 5.74) is 2.60. The van der Waals surface area contributed by atoms with Crippen LogP contribution in [0.1, 0.15) is 55.1 Å². The number of hydrogen-bond acceptors (Lipinski definition) is 3. The maximum absolute atomic E-state index is 13.8. The molecule has 1 aliphatic carbocycles. The minimum Gasteiger partial charge on any atom is -0.335 e. The summed E-state index contributed by atoms with van der Waals surface area (Å²) in [5, 5.41) is 0.479. The SMILES string of the molecule is CCN(C(=O)c1cc2c(=O)n3ccccc3nc2n1Cc1ccccc1)C1CCCCC1. The van der Waals surface area contributed by atoms with Crippen molar-refractivity contribution in [3.05, 3.63) is 82.4 Å². The van der Waals surface area contributed by atoms with Gasteiger partial charge in [0.2, 0.25) is 0 Å². The van der Waals surface area contributed by atoms with Crippen LogP contribution in [0, 0.1) is 0 Å². The maximum Gasteiger partial charge on any atom is 0.270 e. The number of amides is 1. The van der Waals surface area contributed by atoms with E-state index in [4.69, 9.17) is 4.98 Å².